The Hall–Kier alpha value is -1.55. The highest BCUT2D eigenvalue weighted by molar-refractivity contribution is 5.76. The number of ether oxygens (including phenoxy) is 1. The van der Waals surface area contributed by atoms with Gasteiger partial charge < -0.3 is 15.8 Å². The predicted molar refractivity (Wildman–Crippen MR) is 108 cm³/mol. The van der Waals surface area contributed by atoms with E-state index in [-0.39, 0.29) is 11.3 Å². The highest BCUT2D eigenvalue weighted by atomic mass is 16.5. The molecule has 26 heavy (non-hydrogen) atoms. The second-order valence-corrected chi connectivity index (χ2v) is 7.59. The molecule has 0 radical (unpaired) electrons. The van der Waals surface area contributed by atoms with Crippen LogP contribution in [0.4, 0.5) is 0 Å². The van der Waals surface area contributed by atoms with E-state index in [0.29, 0.717) is 13.0 Å². The third kappa shape index (κ3) is 6.31. The molecule has 1 aromatic carbocycles. The lowest BCUT2D eigenvalue weighted by Gasteiger charge is -2.30. The van der Waals surface area contributed by atoms with Gasteiger partial charge in [0, 0.05) is 18.4 Å². The number of hydrogen-bond donors (Lipinski definition) is 2. The average molecular weight is 361 g/mol. The topological polar surface area (TPSA) is 64.3 Å². The van der Waals surface area contributed by atoms with E-state index in [4.69, 9.17) is 10.5 Å². The van der Waals surface area contributed by atoms with Gasteiger partial charge in [-0.05, 0) is 56.3 Å². The van der Waals surface area contributed by atoms with E-state index in [0.717, 1.165) is 63.8 Å². The first kappa shape index (κ1) is 20.8. The molecular weight excluding hydrogens is 324 g/mol. The monoisotopic (exact) mass is 360 g/mol. The van der Waals surface area contributed by atoms with Crippen molar-refractivity contribution >= 4 is 5.91 Å². The Labute approximate surface area is 158 Å². The van der Waals surface area contributed by atoms with E-state index in [1.54, 1.807) is 0 Å². The lowest BCUT2D eigenvalue weighted by atomic mass is 9.78. The fourth-order valence-electron chi connectivity index (χ4n) is 3.82. The van der Waals surface area contributed by atoms with Gasteiger partial charge in [-0.1, -0.05) is 44.7 Å². The molecule has 0 bridgehead atoms. The smallest absolute Gasteiger partial charge is 0.220 e. The Morgan fingerprint density at radius 3 is 2.50 bits per heavy atom. The minimum atomic E-state index is 0.0921. The van der Waals surface area contributed by atoms with Crippen LogP contribution < -0.4 is 15.8 Å². The molecule has 0 unspecified atom stereocenters. The molecule has 1 aromatic rings. The Morgan fingerprint density at radius 1 is 1.12 bits per heavy atom. The van der Waals surface area contributed by atoms with Crippen LogP contribution in [0.3, 0.4) is 0 Å². The molecule has 4 nitrogen and oxygen atoms in total. The van der Waals surface area contributed by atoms with Crippen LogP contribution in [-0.4, -0.2) is 25.6 Å². The molecule has 1 fully saturated rings. The summed E-state index contributed by atoms with van der Waals surface area (Å²) in [5.74, 6) is 1.12. The van der Waals surface area contributed by atoms with E-state index < -0.39 is 0 Å². The van der Waals surface area contributed by atoms with Gasteiger partial charge in [0.2, 0.25) is 5.91 Å². The lowest BCUT2D eigenvalue weighted by molar-refractivity contribution is -0.121. The lowest BCUT2D eigenvalue weighted by Crippen LogP contribution is -2.38. The SMILES string of the molecule is CCCCOc1ccc(C2(CNC(=O)CCCCCN)CCCC2)cc1. The maximum absolute atomic E-state index is 12.2. The number of nitrogens with two attached hydrogens (primary N) is 1. The summed E-state index contributed by atoms with van der Waals surface area (Å²) >= 11 is 0. The molecule has 1 aliphatic carbocycles. The van der Waals surface area contributed by atoms with Crippen LogP contribution in [0.1, 0.15) is 76.7 Å². The van der Waals surface area contributed by atoms with Gasteiger partial charge in [-0.3, -0.25) is 4.79 Å². The van der Waals surface area contributed by atoms with Gasteiger partial charge in [-0.15, -0.1) is 0 Å². The van der Waals surface area contributed by atoms with Crippen molar-refractivity contribution < 1.29 is 9.53 Å². The number of benzene rings is 1. The molecule has 0 heterocycles. The molecule has 1 aliphatic rings. The van der Waals surface area contributed by atoms with E-state index >= 15 is 0 Å². The highest BCUT2D eigenvalue weighted by Crippen LogP contribution is 2.41. The van der Waals surface area contributed by atoms with Crippen LogP contribution in [0.2, 0.25) is 0 Å². The third-order valence-electron chi connectivity index (χ3n) is 5.53. The van der Waals surface area contributed by atoms with E-state index in [9.17, 15) is 4.79 Å². The number of carbonyl (C=O) groups is 1. The van der Waals surface area contributed by atoms with E-state index in [1.165, 1.54) is 18.4 Å². The highest BCUT2D eigenvalue weighted by Gasteiger charge is 2.35. The molecule has 0 aliphatic heterocycles. The standard InChI is InChI=1S/C22H36N2O2/c1-2-3-17-26-20-12-10-19(11-13-20)22(14-6-7-15-22)18-24-21(25)9-5-4-8-16-23/h10-13H,2-9,14-18,23H2,1H3,(H,24,25). The molecule has 2 rings (SSSR count). The average Bonchev–Trinajstić information content (AvgIpc) is 3.15. The quantitative estimate of drug-likeness (QED) is 0.546. The molecule has 4 heteroatoms. The zero-order valence-electron chi connectivity index (χ0n) is 16.4. The number of hydrogen-bond acceptors (Lipinski definition) is 3. The molecule has 146 valence electrons. The molecular formula is C22H36N2O2. The van der Waals surface area contributed by atoms with Crippen molar-refractivity contribution in [1.29, 1.82) is 0 Å². The van der Waals surface area contributed by atoms with E-state index in [1.807, 2.05) is 0 Å². The van der Waals surface area contributed by atoms with Crippen molar-refractivity contribution in [2.24, 2.45) is 5.73 Å². The van der Waals surface area contributed by atoms with E-state index in [2.05, 4.69) is 36.5 Å². The summed E-state index contributed by atoms with van der Waals surface area (Å²) in [7, 11) is 0. The summed E-state index contributed by atoms with van der Waals surface area (Å²) in [5.41, 5.74) is 6.93. The van der Waals surface area contributed by atoms with Crippen LogP contribution in [0.15, 0.2) is 24.3 Å². The van der Waals surface area contributed by atoms with Crippen LogP contribution >= 0.6 is 0 Å². The van der Waals surface area contributed by atoms with Crippen molar-refractivity contribution in [3.63, 3.8) is 0 Å². The Bertz CT molecular complexity index is 521. The normalized spacial score (nSPS) is 15.8. The molecule has 0 spiro atoms. The minimum Gasteiger partial charge on any atom is -0.494 e. The fraction of sp³-hybridized carbons (Fsp3) is 0.682. The third-order valence-corrected chi connectivity index (χ3v) is 5.53. The summed E-state index contributed by atoms with van der Waals surface area (Å²) in [6.45, 7) is 4.41. The van der Waals surface area contributed by atoms with Crippen LogP contribution in [0, 0.1) is 0 Å². The zero-order chi connectivity index (χ0) is 18.7. The number of carbonyl (C=O) groups excluding carboxylic acids is 1. The summed E-state index contributed by atoms with van der Waals surface area (Å²) in [5, 5.41) is 3.20. The van der Waals surface area contributed by atoms with Crippen LogP contribution in [-0.2, 0) is 10.2 Å². The minimum absolute atomic E-state index is 0.0921. The Balaban J connectivity index is 1.89. The first-order chi connectivity index (χ1) is 12.7. The van der Waals surface area contributed by atoms with Crippen LogP contribution in [0.25, 0.3) is 0 Å². The first-order valence-electron chi connectivity index (χ1n) is 10.4. The second kappa shape index (κ2) is 11.2. The van der Waals surface area contributed by atoms with Gasteiger partial charge in [0.05, 0.1) is 6.61 Å². The van der Waals surface area contributed by atoms with Crippen molar-refractivity contribution in [1.82, 2.24) is 5.32 Å². The molecule has 0 atom stereocenters. The largest absolute Gasteiger partial charge is 0.494 e. The first-order valence-corrected chi connectivity index (χ1v) is 10.4. The van der Waals surface area contributed by atoms with Crippen molar-refractivity contribution in [3.8, 4) is 5.75 Å². The van der Waals surface area contributed by atoms with Gasteiger partial charge >= 0.3 is 0 Å². The summed E-state index contributed by atoms with van der Waals surface area (Å²) < 4.78 is 5.78. The maximum Gasteiger partial charge on any atom is 0.220 e. The van der Waals surface area contributed by atoms with Gasteiger partial charge in [0.1, 0.15) is 5.75 Å². The maximum atomic E-state index is 12.2. The molecule has 0 aromatic heterocycles. The second-order valence-electron chi connectivity index (χ2n) is 7.59. The number of nitrogens with one attached hydrogen (secondary N) is 1. The summed E-state index contributed by atoms with van der Waals surface area (Å²) in [6, 6.07) is 8.55. The number of amides is 1. The molecule has 0 saturated heterocycles. The zero-order valence-corrected chi connectivity index (χ0v) is 16.4. The summed E-state index contributed by atoms with van der Waals surface area (Å²) in [4.78, 5) is 12.2. The van der Waals surface area contributed by atoms with Crippen molar-refractivity contribution in [2.75, 3.05) is 19.7 Å². The van der Waals surface area contributed by atoms with Gasteiger partial charge in [-0.25, -0.2) is 0 Å². The number of unbranched alkanes of at least 4 members (excludes halogenated alkanes) is 3. The fourth-order valence-corrected chi connectivity index (χ4v) is 3.82. The van der Waals surface area contributed by atoms with Gasteiger partial charge in [0.15, 0.2) is 0 Å². The predicted octanol–water partition coefficient (Wildman–Crippen LogP) is 4.31. The van der Waals surface area contributed by atoms with Gasteiger partial charge in [0.25, 0.3) is 0 Å². The molecule has 1 amide bonds. The Kier molecular flexibility index (Phi) is 8.96. The van der Waals surface area contributed by atoms with Crippen LogP contribution in [0.5, 0.6) is 5.75 Å². The van der Waals surface area contributed by atoms with Crippen molar-refractivity contribution in [3.05, 3.63) is 29.8 Å². The molecule has 3 N–H and O–H groups in total. The molecule has 1 saturated carbocycles. The van der Waals surface area contributed by atoms with Crippen molar-refractivity contribution in [2.45, 2.75) is 76.5 Å². The number of rotatable bonds is 12. The Morgan fingerprint density at radius 2 is 1.85 bits per heavy atom. The van der Waals surface area contributed by atoms with Gasteiger partial charge in [-0.2, -0.15) is 0 Å². The summed E-state index contributed by atoms with van der Waals surface area (Å²) in [6.07, 6.45) is 10.6.